The summed E-state index contributed by atoms with van der Waals surface area (Å²) in [5.74, 6) is -2.63. The van der Waals surface area contributed by atoms with Crippen LogP contribution >= 0.6 is 0 Å². The van der Waals surface area contributed by atoms with Gasteiger partial charge in [-0.25, -0.2) is 9.59 Å². The van der Waals surface area contributed by atoms with Crippen molar-refractivity contribution >= 4 is 23.7 Å². The van der Waals surface area contributed by atoms with Gasteiger partial charge in [-0.15, -0.1) is 0 Å². The van der Waals surface area contributed by atoms with E-state index >= 15 is 0 Å². The molecule has 0 bridgehead atoms. The molecule has 8 heteroatoms. The average Bonchev–Trinajstić information content (AvgIpc) is 3.14. The lowest BCUT2D eigenvalue weighted by atomic mass is 9.98. The van der Waals surface area contributed by atoms with Crippen LogP contribution in [-0.4, -0.2) is 40.8 Å². The van der Waals surface area contributed by atoms with Gasteiger partial charge in [-0.3, -0.25) is 4.79 Å². The number of carbonyl (C=O) groups excluding carboxylic acids is 2. The molecular formula is C27H26N2O6. The maximum atomic E-state index is 12.8. The summed E-state index contributed by atoms with van der Waals surface area (Å²) in [5.41, 5.74) is 4.34. The van der Waals surface area contributed by atoms with Crippen molar-refractivity contribution in [1.82, 2.24) is 5.32 Å². The van der Waals surface area contributed by atoms with Gasteiger partial charge in [-0.2, -0.15) is 0 Å². The van der Waals surface area contributed by atoms with Gasteiger partial charge in [-0.1, -0.05) is 62.4 Å². The zero-order valence-corrected chi connectivity index (χ0v) is 19.3. The van der Waals surface area contributed by atoms with Crippen molar-refractivity contribution in [3.8, 4) is 16.9 Å². The van der Waals surface area contributed by atoms with Gasteiger partial charge in [0, 0.05) is 17.7 Å². The first-order valence-corrected chi connectivity index (χ1v) is 11.2. The van der Waals surface area contributed by atoms with E-state index in [4.69, 9.17) is 9.84 Å². The molecule has 8 nitrogen and oxygen atoms in total. The molecular weight excluding hydrogens is 448 g/mol. The van der Waals surface area contributed by atoms with E-state index in [-0.39, 0.29) is 29.7 Å². The van der Waals surface area contributed by atoms with E-state index in [1.54, 1.807) is 13.8 Å². The Labute approximate surface area is 202 Å². The average molecular weight is 475 g/mol. The van der Waals surface area contributed by atoms with Crippen LogP contribution in [0.5, 0.6) is 5.75 Å². The van der Waals surface area contributed by atoms with Crippen molar-refractivity contribution in [3.05, 3.63) is 83.4 Å². The molecule has 2 amide bonds. The van der Waals surface area contributed by atoms with E-state index in [0.717, 1.165) is 28.3 Å². The van der Waals surface area contributed by atoms with Gasteiger partial charge in [-0.05, 0) is 40.3 Å². The molecule has 1 aliphatic carbocycles. The van der Waals surface area contributed by atoms with Crippen molar-refractivity contribution in [2.45, 2.75) is 25.8 Å². The highest BCUT2D eigenvalue weighted by atomic mass is 16.5. The molecule has 0 saturated heterocycles. The summed E-state index contributed by atoms with van der Waals surface area (Å²) in [6.07, 6.45) is -0.718. The van der Waals surface area contributed by atoms with E-state index in [0.29, 0.717) is 0 Å². The number of nitrogens with one attached hydrogen (secondary N) is 2. The van der Waals surface area contributed by atoms with E-state index in [9.17, 15) is 19.5 Å². The van der Waals surface area contributed by atoms with Gasteiger partial charge < -0.3 is 25.6 Å². The molecule has 4 N–H and O–H groups in total. The Morgan fingerprint density at radius 2 is 1.54 bits per heavy atom. The summed E-state index contributed by atoms with van der Waals surface area (Å²) in [6, 6.07) is 18.8. The van der Waals surface area contributed by atoms with Crippen LogP contribution in [0.25, 0.3) is 11.1 Å². The van der Waals surface area contributed by atoms with Crippen LogP contribution in [0.2, 0.25) is 0 Å². The minimum absolute atomic E-state index is 0.102. The number of benzene rings is 3. The molecule has 0 aliphatic heterocycles. The van der Waals surface area contributed by atoms with Crippen molar-refractivity contribution in [2.24, 2.45) is 5.92 Å². The number of fused-ring (bicyclic) bond motifs is 3. The SMILES string of the molecule is CC(C)[C@@H](NC(=O)OCC1c2ccccc2-c2ccccc21)C(=O)Nc1ccc(C(=O)O)c(O)c1. The molecule has 0 heterocycles. The number of aromatic carboxylic acids is 1. The minimum atomic E-state index is -1.28. The fourth-order valence-corrected chi connectivity index (χ4v) is 4.31. The quantitative estimate of drug-likeness (QED) is 0.397. The van der Waals surface area contributed by atoms with Crippen LogP contribution in [0, 0.1) is 5.92 Å². The second-order valence-corrected chi connectivity index (χ2v) is 8.72. The predicted molar refractivity (Wildman–Crippen MR) is 131 cm³/mol. The van der Waals surface area contributed by atoms with E-state index in [2.05, 4.69) is 10.6 Å². The molecule has 3 aromatic carbocycles. The Kier molecular flexibility index (Phi) is 6.73. The molecule has 0 radical (unpaired) electrons. The normalized spacial score (nSPS) is 13.0. The molecule has 1 atom stereocenters. The number of carbonyl (C=O) groups is 3. The van der Waals surface area contributed by atoms with Crippen molar-refractivity contribution in [1.29, 1.82) is 0 Å². The number of carboxylic acids is 1. The van der Waals surface area contributed by atoms with Crippen molar-refractivity contribution in [2.75, 3.05) is 11.9 Å². The van der Waals surface area contributed by atoms with Gasteiger partial charge in [0.2, 0.25) is 5.91 Å². The third-order valence-corrected chi connectivity index (χ3v) is 6.06. The van der Waals surface area contributed by atoms with E-state index in [1.807, 2.05) is 48.5 Å². The highest BCUT2D eigenvalue weighted by Crippen LogP contribution is 2.44. The fraction of sp³-hybridized carbons (Fsp3) is 0.222. The van der Waals surface area contributed by atoms with Crippen molar-refractivity contribution < 1.29 is 29.3 Å². The molecule has 0 unspecified atom stereocenters. The topological polar surface area (TPSA) is 125 Å². The molecule has 0 spiro atoms. The van der Waals surface area contributed by atoms with Crippen LogP contribution in [0.15, 0.2) is 66.7 Å². The monoisotopic (exact) mass is 474 g/mol. The Morgan fingerprint density at radius 1 is 0.943 bits per heavy atom. The number of phenols is 1. The molecule has 35 heavy (non-hydrogen) atoms. The zero-order chi connectivity index (χ0) is 25.1. The predicted octanol–water partition coefficient (Wildman–Crippen LogP) is 4.59. The number of aromatic hydroxyl groups is 1. The lowest BCUT2D eigenvalue weighted by molar-refractivity contribution is -0.119. The number of ether oxygens (including phenoxy) is 1. The lowest BCUT2D eigenvalue weighted by Gasteiger charge is -2.22. The number of anilines is 1. The molecule has 3 aromatic rings. The summed E-state index contributed by atoms with van der Waals surface area (Å²) < 4.78 is 5.55. The van der Waals surface area contributed by atoms with Crippen molar-refractivity contribution in [3.63, 3.8) is 0 Å². The maximum absolute atomic E-state index is 12.8. The first-order valence-electron chi connectivity index (χ1n) is 11.2. The van der Waals surface area contributed by atoms with Gasteiger partial charge >= 0.3 is 12.1 Å². The van der Waals surface area contributed by atoms with Gasteiger partial charge in [0.25, 0.3) is 0 Å². The molecule has 0 fully saturated rings. The molecule has 4 rings (SSSR count). The highest BCUT2D eigenvalue weighted by Gasteiger charge is 2.30. The molecule has 1 aliphatic rings. The van der Waals surface area contributed by atoms with E-state index < -0.39 is 29.8 Å². The third kappa shape index (κ3) is 4.96. The van der Waals surface area contributed by atoms with Crippen LogP contribution in [0.3, 0.4) is 0 Å². The molecule has 0 aromatic heterocycles. The summed E-state index contributed by atoms with van der Waals surface area (Å²) >= 11 is 0. The first-order chi connectivity index (χ1) is 16.8. The summed E-state index contributed by atoms with van der Waals surface area (Å²) in [6.45, 7) is 3.68. The van der Waals surface area contributed by atoms with Crippen LogP contribution in [-0.2, 0) is 9.53 Å². The summed E-state index contributed by atoms with van der Waals surface area (Å²) in [5, 5.41) is 24.1. The smallest absolute Gasteiger partial charge is 0.407 e. The Morgan fingerprint density at radius 3 is 2.09 bits per heavy atom. The molecule has 180 valence electrons. The summed E-state index contributed by atoms with van der Waals surface area (Å²) in [7, 11) is 0. The first kappa shape index (κ1) is 23.8. The number of hydrogen-bond acceptors (Lipinski definition) is 5. The second kappa shape index (κ2) is 9.89. The Bertz CT molecular complexity index is 1240. The lowest BCUT2D eigenvalue weighted by Crippen LogP contribution is -2.47. The van der Waals surface area contributed by atoms with Gasteiger partial charge in [0.15, 0.2) is 0 Å². The number of amides is 2. The zero-order valence-electron chi connectivity index (χ0n) is 19.3. The Balaban J connectivity index is 1.41. The fourth-order valence-electron chi connectivity index (χ4n) is 4.31. The van der Waals surface area contributed by atoms with Crippen LogP contribution in [0.1, 0.15) is 41.3 Å². The van der Waals surface area contributed by atoms with Gasteiger partial charge in [0.05, 0.1) is 0 Å². The van der Waals surface area contributed by atoms with E-state index in [1.165, 1.54) is 12.1 Å². The van der Waals surface area contributed by atoms with Crippen LogP contribution < -0.4 is 10.6 Å². The van der Waals surface area contributed by atoms with Gasteiger partial charge in [0.1, 0.15) is 24.0 Å². The highest BCUT2D eigenvalue weighted by molar-refractivity contribution is 5.98. The maximum Gasteiger partial charge on any atom is 0.407 e. The number of rotatable bonds is 7. The standard InChI is InChI=1S/C27H26N2O6/c1-15(2)24(25(31)28-16-11-12-21(26(32)33)23(30)13-16)29-27(34)35-14-22-19-9-5-3-7-17(19)18-8-4-6-10-20(18)22/h3-13,15,22,24,30H,14H2,1-2H3,(H,28,31)(H,29,34)(H,32,33)/t24-/m1/s1. The Hall–Kier alpha value is -4.33. The molecule has 0 saturated carbocycles. The van der Waals surface area contributed by atoms with Crippen LogP contribution in [0.4, 0.5) is 10.5 Å². The second-order valence-electron chi connectivity index (χ2n) is 8.72. The number of alkyl carbamates (subject to hydrolysis) is 1. The third-order valence-electron chi connectivity index (χ3n) is 6.06. The largest absolute Gasteiger partial charge is 0.507 e. The summed E-state index contributed by atoms with van der Waals surface area (Å²) in [4.78, 5) is 36.5. The minimum Gasteiger partial charge on any atom is -0.507 e. The number of hydrogen-bond donors (Lipinski definition) is 4. The number of carboxylic acid groups (broad SMARTS) is 1.